The Hall–Kier alpha value is -3.33. The second-order valence-corrected chi connectivity index (χ2v) is 9.55. The molecule has 38 heavy (non-hydrogen) atoms. The maximum atomic E-state index is 13.3. The van der Waals surface area contributed by atoms with Gasteiger partial charge in [-0.2, -0.15) is 0 Å². The molecule has 1 amide bonds. The molecule has 2 rings (SSSR count). The Morgan fingerprint density at radius 1 is 0.816 bits per heavy atom. The number of allylic oxidation sites excluding steroid dienone is 12. The standard InChI is InChI=1S/C35H47NO2/c1-5-7-8-9-10-11-12-13-14-15-16-17-18-19-20-21-22-24-27-32(6-2)35(37)36-30(3)34(38-31(36)4)33-28-25-23-26-29-33/h7-8,10-11,13-14,16-17,19-20,22-26,28-30,32,34H,4-6,9,12,15,18,21,27H2,1-3H3/b8-7-,11-10-,14-13-,17-16-,20-19-,24-22-/t30-,32+,34-/m1/s1. The third-order valence-corrected chi connectivity index (χ3v) is 6.60. The van der Waals surface area contributed by atoms with E-state index in [1.165, 1.54) is 0 Å². The first-order chi connectivity index (χ1) is 18.6. The van der Waals surface area contributed by atoms with E-state index in [-0.39, 0.29) is 24.0 Å². The Morgan fingerprint density at radius 2 is 1.29 bits per heavy atom. The summed E-state index contributed by atoms with van der Waals surface area (Å²) in [5, 5.41) is 0. The molecule has 3 heteroatoms. The molecule has 1 aromatic rings. The Kier molecular flexibility index (Phi) is 15.3. The highest BCUT2D eigenvalue weighted by molar-refractivity contribution is 5.81. The molecular formula is C35H47NO2. The summed E-state index contributed by atoms with van der Waals surface area (Å²) in [6.45, 7) is 10.3. The summed E-state index contributed by atoms with van der Waals surface area (Å²) < 4.78 is 6.00. The number of amides is 1. The van der Waals surface area contributed by atoms with Gasteiger partial charge < -0.3 is 4.74 Å². The summed E-state index contributed by atoms with van der Waals surface area (Å²) in [6, 6.07) is 9.98. The van der Waals surface area contributed by atoms with Crippen LogP contribution in [0, 0.1) is 5.92 Å². The lowest BCUT2D eigenvalue weighted by Crippen LogP contribution is -2.38. The summed E-state index contributed by atoms with van der Waals surface area (Å²) in [5.74, 6) is 0.484. The molecule has 1 fully saturated rings. The zero-order chi connectivity index (χ0) is 27.4. The molecule has 3 atom stereocenters. The molecule has 0 N–H and O–H groups in total. The highest BCUT2D eigenvalue weighted by atomic mass is 16.5. The maximum absolute atomic E-state index is 13.3. The van der Waals surface area contributed by atoms with Crippen molar-refractivity contribution in [3.63, 3.8) is 0 Å². The van der Waals surface area contributed by atoms with Crippen LogP contribution in [0.4, 0.5) is 0 Å². The van der Waals surface area contributed by atoms with Crippen LogP contribution in [0.5, 0.6) is 0 Å². The molecule has 0 bridgehead atoms. The minimum absolute atomic E-state index is 0.0723. The lowest BCUT2D eigenvalue weighted by Gasteiger charge is -2.25. The highest BCUT2D eigenvalue weighted by Gasteiger charge is 2.41. The Morgan fingerprint density at radius 3 is 1.76 bits per heavy atom. The molecule has 3 nitrogen and oxygen atoms in total. The van der Waals surface area contributed by atoms with Gasteiger partial charge in [-0.1, -0.05) is 117 Å². The molecule has 0 radical (unpaired) electrons. The fourth-order valence-corrected chi connectivity index (χ4v) is 4.40. The Labute approximate surface area is 231 Å². The molecule has 1 heterocycles. The molecule has 1 saturated heterocycles. The number of hydrogen-bond acceptors (Lipinski definition) is 2. The first-order valence-electron chi connectivity index (χ1n) is 14.2. The minimum atomic E-state index is -0.170. The van der Waals surface area contributed by atoms with Crippen molar-refractivity contribution in [3.05, 3.63) is 121 Å². The van der Waals surface area contributed by atoms with E-state index in [0.29, 0.717) is 5.88 Å². The lowest BCUT2D eigenvalue weighted by atomic mass is 9.98. The number of rotatable bonds is 16. The van der Waals surface area contributed by atoms with Crippen LogP contribution in [0.3, 0.4) is 0 Å². The molecular weight excluding hydrogens is 466 g/mol. The average molecular weight is 514 g/mol. The van der Waals surface area contributed by atoms with Gasteiger partial charge in [0.1, 0.15) is 6.10 Å². The van der Waals surface area contributed by atoms with Crippen LogP contribution < -0.4 is 0 Å². The van der Waals surface area contributed by atoms with E-state index in [9.17, 15) is 4.79 Å². The van der Waals surface area contributed by atoms with Crippen LogP contribution in [0.1, 0.15) is 83.8 Å². The first-order valence-corrected chi connectivity index (χ1v) is 14.2. The zero-order valence-electron chi connectivity index (χ0n) is 23.7. The predicted molar refractivity (Wildman–Crippen MR) is 162 cm³/mol. The van der Waals surface area contributed by atoms with Crippen molar-refractivity contribution in [1.29, 1.82) is 0 Å². The van der Waals surface area contributed by atoms with Gasteiger partial charge in [0, 0.05) is 5.92 Å². The summed E-state index contributed by atoms with van der Waals surface area (Å²) >= 11 is 0. The van der Waals surface area contributed by atoms with Gasteiger partial charge >= 0.3 is 0 Å². The topological polar surface area (TPSA) is 29.5 Å². The van der Waals surface area contributed by atoms with Gasteiger partial charge in [-0.05, 0) is 70.4 Å². The Balaban J connectivity index is 1.66. The third kappa shape index (κ3) is 11.0. The fraction of sp³-hybridized carbons (Fsp3) is 0.400. The van der Waals surface area contributed by atoms with Gasteiger partial charge in [-0.3, -0.25) is 9.69 Å². The molecule has 0 saturated carbocycles. The average Bonchev–Trinajstić information content (AvgIpc) is 3.23. The third-order valence-electron chi connectivity index (χ3n) is 6.60. The zero-order valence-corrected chi connectivity index (χ0v) is 23.7. The smallest absolute Gasteiger partial charge is 0.233 e. The van der Waals surface area contributed by atoms with Crippen molar-refractivity contribution in [2.45, 2.75) is 84.3 Å². The van der Waals surface area contributed by atoms with Crippen LogP contribution in [0.25, 0.3) is 0 Å². The molecule has 1 aliphatic heterocycles. The van der Waals surface area contributed by atoms with Gasteiger partial charge in [0.25, 0.3) is 0 Å². The number of carbonyl (C=O) groups excluding carboxylic acids is 1. The quantitative estimate of drug-likeness (QED) is 0.206. The second-order valence-electron chi connectivity index (χ2n) is 9.55. The summed E-state index contributed by atoms with van der Waals surface area (Å²) in [5.41, 5.74) is 1.07. The largest absolute Gasteiger partial charge is 0.469 e. The minimum Gasteiger partial charge on any atom is -0.469 e. The van der Waals surface area contributed by atoms with Crippen LogP contribution in [-0.4, -0.2) is 16.8 Å². The maximum Gasteiger partial charge on any atom is 0.233 e. The van der Waals surface area contributed by atoms with Gasteiger partial charge in [-0.25, -0.2) is 0 Å². The number of nitrogens with zero attached hydrogens (tertiary/aromatic N) is 1. The monoisotopic (exact) mass is 513 g/mol. The van der Waals surface area contributed by atoms with Gasteiger partial charge in [0.15, 0.2) is 5.88 Å². The summed E-state index contributed by atoms with van der Waals surface area (Å²) in [7, 11) is 0. The number of ether oxygens (including phenoxy) is 1. The molecule has 1 aromatic carbocycles. The van der Waals surface area contributed by atoms with Gasteiger partial charge in [-0.15, -0.1) is 0 Å². The van der Waals surface area contributed by atoms with Gasteiger partial charge in [0.05, 0.1) is 6.04 Å². The predicted octanol–water partition coefficient (Wildman–Crippen LogP) is 9.56. The SMILES string of the molecule is C=C1O[C@@H](c2ccccc2)[C@@H](C)N1C(=O)[C@@H](CC)C/C=C\C/C=C\C/C=C\C/C=C\C/C=C\C/C=C\CC. The lowest BCUT2D eigenvalue weighted by molar-refractivity contribution is -0.134. The van der Waals surface area contributed by atoms with Crippen molar-refractivity contribution in [3.8, 4) is 0 Å². The summed E-state index contributed by atoms with van der Waals surface area (Å²) in [6.07, 6.45) is 33.6. The number of hydrogen-bond donors (Lipinski definition) is 0. The number of benzene rings is 1. The van der Waals surface area contributed by atoms with E-state index in [2.05, 4.69) is 93.3 Å². The van der Waals surface area contributed by atoms with Crippen molar-refractivity contribution >= 4 is 5.91 Å². The normalized spacial score (nSPS) is 19.3. The first kappa shape index (κ1) is 30.9. The molecule has 1 aliphatic rings. The van der Waals surface area contributed by atoms with E-state index in [1.54, 1.807) is 4.90 Å². The molecule has 204 valence electrons. The van der Waals surface area contributed by atoms with Crippen LogP contribution in [0.2, 0.25) is 0 Å². The van der Waals surface area contributed by atoms with E-state index < -0.39 is 0 Å². The molecule has 0 aliphatic carbocycles. The van der Waals surface area contributed by atoms with E-state index in [1.807, 2.05) is 37.3 Å². The second kappa shape index (κ2) is 18.8. The van der Waals surface area contributed by atoms with Crippen LogP contribution in [-0.2, 0) is 9.53 Å². The highest BCUT2D eigenvalue weighted by Crippen LogP contribution is 2.37. The number of carbonyl (C=O) groups is 1. The van der Waals surface area contributed by atoms with Gasteiger partial charge in [0.2, 0.25) is 5.91 Å². The molecule has 0 spiro atoms. The van der Waals surface area contributed by atoms with E-state index >= 15 is 0 Å². The molecule has 0 unspecified atom stereocenters. The fourth-order valence-electron chi connectivity index (χ4n) is 4.40. The molecule has 0 aromatic heterocycles. The van der Waals surface area contributed by atoms with E-state index in [0.717, 1.165) is 56.9 Å². The van der Waals surface area contributed by atoms with Crippen LogP contribution >= 0.6 is 0 Å². The van der Waals surface area contributed by atoms with Crippen LogP contribution in [0.15, 0.2) is 116 Å². The van der Waals surface area contributed by atoms with Crippen molar-refractivity contribution in [1.82, 2.24) is 4.90 Å². The van der Waals surface area contributed by atoms with Crippen molar-refractivity contribution < 1.29 is 9.53 Å². The van der Waals surface area contributed by atoms with Crippen molar-refractivity contribution in [2.75, 3.05) is 0 Å². The summed E-state index contributed by atoms with van der Waals surface area (Å²) in [4.78, 5) is 15.1. The van der Waals surface area contributed by atoms with Crippen molar-refractivity contribution in [2.24, 2.45) is 5.92 Å². The Bertz CT molecular complexity index is 996. The van der Waals surface area contributed by atoms with E-state index in [4.69, 9.17) is 4.74 Å².